The highest BCUT2D eigenvalue weighted by Crippen LogP contribution is 2.31. The lowest BCUT2D eigenvalue weighted by Crippen LogP contribution is -2.36. The van der Waals surface area contributed by atoms with Gasteiger partial charge in [0, 0.05) is 41.5 Å². The van der Waals surface area contributed by atoms with Crippen LogP contribution in [0.5, 0.6) is 0 Å². The van der Waals surface area contributed by atoms with Gasteiger partial charge in [-0.1, -0.05) is 13.8 Å². The molecule has 29 heavy (non-hydrogen) atoms. The lowest BCUT2D eigenvalue weighted by molar-refractivity contribution is -0.385. The maximum atomic E-state index is 12.6. The van der Waals surface area contributed by atoms with Crippen LogP contribution >= 0.6 is 0 Å². The van der Waals surface area contributed by atoms with Gasteiger partial charge in [-0.3, -0.25) is 19.7 Å². The van der Waals surface area contributed by atoms with Gasteiger partial charge in [-0.05, 0) is 61.6 Å². The van der Waals surface area contributed by atoms with Crippen LogP contribution in [0.1, 0.15) is 48.2 Å². The monoisotopic (exact) mass is 395 g/mol. The van der Waals surface area contributed by atoms with E-state index in [0.717, 1.165) is 17.7 Å². The third-order valence-electron chi connectivity index (χ3n) is 5.12. The molecule has 2 aromatic rings. The third-order valence-corrected chi connectivity index (χ3v) is 5.12. The average molecular weight is 395 g/mol. The Bertz CT molecular complexity index is 969. The van der Waals surface area contributed by atoms with Crippen LogP contribution in [0.2, 0.25) is 0 Å². The molecule has 0 aliphatic carbocycles. The van der Waals surface area contributed by atoms with Gasteiger partial charge in [0.05, 0.1) is 4.92 Å². The quantitative estimate of drug-likeness (QED) is 0.576. The molecule has 0 bridgehead atoms. The first kappa shape index (κ1) is 20.5. The van der Waals surface area contributed by atoms with Gasteiger partial charge in [0.25, 0.3) is 11.6 Å². The van der Waals surface area contributed by atoms with Crippen LogP contribution < -0.4 is 10.2 Å². The predicted octanol–water partition coefficient (Wildman–Crippen LogP) is 4.48. The zero-order valence-electron chi connectivity index (χ0n) is 16.9. The normalized spacial score (nSPS) is 13.4. The molecule has 0 fully saturated rings. The summed E-state index contributed by atoms with van der Waals surface area (Å²) in [6.07, 6.45) is 2.04. The van der Waals surface area contributed by atoms with Crippen molar-refractivity contribution in [3.8, 4) is 0 Å². The number of benzene rings is 2. The number of carbonyl (C=O) groups excluding carboxylic acids is 2. The van der Waals surface area contributed by atoms with Crippen molar-refractivity contribution in [1.29, 1.82) is 0 Å². The second-order valence-electron chi connectivity index (χ2n) is 7.78. The molecule has 7 heteroatoms. The number of aryl methyl sites for hydroxylation is 2. The maximum absolute atomic E-state index is 12.6. The van der Waals surface area contributed by atoms with Crippen LogP contribution in [0, 0.1) is 23.0 Å². The Morgan fingerprint density at radius 3 is 2.62 bits per heavy atom. The number of amides is 2. The van der Waals surface area contributed by atoms with E-state index in [0.29, 0.717) is 42.1 Å². The molecule has 0 atom stereocenters. The number of fused-ring (bicyclic) bond motifs is 1. The van der Waals surface area contributed by atoms with Crippen LogP contribution in [0.25, 0.3) is 0 Å². The molecule has 2 amide bonds. The highest BCUT2D eigenvalue weighted by molar-refractivity contribution is 6.05. The number of hydrogen-bond donors (Lipinski definition) is 1. The highest BCUT2D eigenvalue weighted by atomic mass is 16.6. The van der Waals surface area contributed by atoms with Crippen molar-refractivity contribution in [1.82, 2.24) is 0 Å². The summed E-state index contributed by atoms with van der Waals surface area (Å²) in [4.78, 5) is 37.2. The fourth-order valence-electron chi connectivity index (χ4n) is 3.47. The molecule has 1 aliphatic heterocycles. The summed E-state index contributed by atoms with van der Waals surface area (Å²) in [5.41, 5.74) is 3.37. The zero-order valence-corrected chi connectivity index (χ0v) is 16.9. The van der Waals surface area contributed by atoms with E-state index in [1.165, 1.54) is 18.2 Å². The number of nitrogens with one attached hydrogen (secondary N) is 1. The van der Waals surface area contributed by atoms with Crippen molar-refractivity contribution < 1.29 is 14.5 Å². The molecule has 1 heterocycles. The second kappa shape index (κ2) is 8.43. The van der Waals surface area contributed by atoms with E-state index in [2.05, 4.69) is 19.2 Å². The molecule has 1 N–H and O–H groups in total. The van der Waals surface area contributed by atoms with Crippen molar-refractivity contribution in [2.24, 2.45) is 5.92 Å². The summed E-state index contributed by atoms with van der Waals surface area (Å²) in [5.74, 6) is 0.319. The average Bonchev–Trinajstić information content (AvgIpc) is 2.66. The first-order chi connectivity index (χ1) is 13.8. The molecule has 0 radical (unpaired) electrons. The summed E-state index contributed by atoms with van der Waals surface area (Å²) < 4.78 is 0. The largest absolute Gasteiger partial charge is 0.322 e. The summed E-state index contributed by atoms with van der Waals surface area (Å²) >= 11 is 0. The number of anilines is 2. The number of hydrogen-bond acceptors (Lipinski definition) is 4. The minimum absolute atomic E-state index is 0.0125. The van der Waals surface area contributed by atoms with E-state index >= 15 is 0 Å². The van der Waals surface area contributed by atoms with Crippen molar-refractivity contribution in [3.63, 3.8) is 0 Å². The van der Waals surface area contributed by atoms with Gasteiger partial charge in [-0.2, -0.15) is 0 Å². The minimum Gasteiger partial charge on any atom is -0.322 e. The second-order valence-corrected chi connectivity index (χ2v) is 7.78. The molecule has 0 aromatic heterocycles. The maximum Gasteiger partial charge on any atom is 0.272 e. The molecule has 0 unspecified atom stereocenters. The standard InChI is InChI=1S/C22H25N3O4/c1-14(2)10-11-24-20-8-6-18(13-16(20)5-9-21(24)26)23-22(27)17-4-7-19(25(28)29)15(3)12-17/h4,6-8,12-14H,5,9-11H2,1-3H3,(H,23,27). The smallest absolute Gasteiger partial charge is 0.272 e. The van der Waals surface area contributed by atoms with Crippen LogP contribution in [-0.4, -0.2) is 23.3 Å². The Kier molecular flexibility index (Phi) is 5.96. The molecule has 0 saturated carbocycles. The number of nitro benzene ring substituents is 1. The molecule has 2 aromatic carbocycles. The Morgan fingerprint density at radius 1 is 1.21 bits per heavy atom. The van der Waals surface area contributed by atoms with Crippen LogP contribution in [0.15, 0.2) is 36.4 Å². The van der Waals surface area contributed by atoms with E-state index in [9.17, 15) is 19.7 Å². The summed E-state index contributed by atoms with van der Waals surface area (Å²) in [7, 11) is 0. The fourth-order valence-corrected chi connectivity index (χ4v) is 3.47. The highest BCUT2D eigenvalue weighted by Gasteiger charge is 2.24. The lowest BCUT2D eigenvalue weighted by Gasteiger charge is -2.30. The van der Waals surface area contributed by atoms with Gasteiger partial charge in [-0.25, -0.2) is 0 Å². The Labute approximate surface area is 169 Å². The number of nitro groups is 1. The van der Waals surface area contributed by atoms with Crippen LogP contribution in [0.3, 0.4) is 0 Å². The van der Waals surface area contributed by atoms with Gasteiger partial charge in [0.2, 0.25) is 5.91 Å². The van der Waals surface area contributed by atoms with Gasteiger partial charge in [-0.15, -0.1) is 0 Å². The molecule has 152 valence electrons. The van der Waals surface area contributed by atoms with Gasteiger partial charge < -0.3 is 10.2 Å². The van der Waals surface area contributed by atoms with Crippen LogP contribution in [-0.2, 0) is 11.2 Å². The molecule has 3 rings (SSSR count). The van der Waals surface area contributed by atoms with E-state index in [1.54, 1.807) is 13.0 Å². The van der Waals surface area contributed by atoms with Crippen molar-refractivity contribution >= 4 is 28.9 Å². The Hall–Kier alpha value is -3.22. The fraction of sp³-hybridized carbons (Fsp3) is 0.364. The predicted molar refractivity (Wildman–Crippen MR) is 112 cm³/mol. The van der Waals surface area contributed by atoms with E-state index in [4.69, 9.17) is 0 Å². The van der Waals surface area contributed by atoms with E-state index < -0.39 is 4.92 Å². The van der Waals surface area contributed by atoms with E-state index in [1.807, 2.05) is 17.0 Å². The zero-order chi connectivity index (χ0) is 21.1. The van der Waals surface area contributed by atoms with E-state index in [-0.39, 0.29) is 17.5 Å². The molecule has 1 aliphatic rings. The third kappa shape index (κ3) is 4.62. The number of rotatable bonds is 6. The number of nitrogens with zero attached hydrogens (tertiary/aromatic N) is 2. The molecule has 7 nitrogen and oxygen atoms in total. The van der Waals surface area contributed by atoms with Gasteiger partial charge in [0.15, 0.2) is 0 Å². The molecular weight excluding hydrogens is 370 g/mol. The Morgan fingerprint density at radius 2 is 1.97 bits per heavy atom. The first-order valence-corrected chi connectivity index (χ1v) is 9.76. The molecule has 0 spiro atoms. The van der Waals surface area contributed by atoms with Crippen molar-refractivity contribution in [2.75, 3.05) is 16.8 Å². The summed E-state index contributed by atoms with van der Waals surface area (Å²) in [6.45, 7) is 6.57. The Balaban J connectivity index is 1.78. The SMILES string of the molecule is Cc1cc(C(=O)Nc2ccc3c(c2)CCC(=O)N3CCC(C)C)ccc1[N+](=O)[O-]. The van der Waals surface area contributed by atoms with Crippen molar-refractivity contribution in [3.05, 3.63) is 63.2 Å². The van der Waals surface area contributed by atoms with Crippen molar-refractivity contribution in [2.45, 2.75) is 40.0 Å². The van der Waals surface area contributed by atoms with Gasteiger partial charge >= 0.3 is 0 Å². The first-order valence-electron chi connectivity index (χ1n) is 9.76. The molecular formula is C22H25N3O4. The molecule has 0 saturated heterocycles. The lowest BCUT2D eigenvalue weighted by atomic mass is 9.99. The summed E-state index contributed by atoms with van der Waals surface area (Å²) in [6, 6.07) is 9.87. The summed E-state index contributed by atoms with van der Waals surface area (Å²) in [5, 5.41) is 13.8. The van der Waals surface area contributed by atoms with Gasteiger partial charge in [0.1, 0.15) is 0 Å². The minimum atomic E-state index is -0.465. The topological polar surface area (TPSA) is 92.6 Å². The van der Waals surface area contributed by atoms with Crippen LogP contribution in [0.4, 0.5) is 17.1 Å². The number of carbonyl (C=O) groups is 2.